The van der Waals surface area contributed by atoms with E-state index in [9.17, 15) is 4.79 Å². The van der Waals surface area contributed by atoms with Crippen molar-refractivity contribution in [1.82, 2.24) is 4.90 Å². The van der Waals surface area contributed by atoms with Crippen molar-refractivity contribution in [3.05, 3.63) is 21.9 Å². The fourth-order valence-electron chi connectivity index (χ4n) is 1.86. The van der Waals surface area contributed by atoms with Gasteiger partial charge in [-0.15, -0.1) is 11.3 Å². The first-order chi connectivity index (χ1) is 7.70. The Morgan fingerprint density at radius 1 is 1.62 bits per heavy atom. The Morgan fingerprint density at radius 2 is 2.44 bits per heavy atom. The summed E-state index contributed by atoms with van der Waals surface area (Å²) in [6.45, 7) is 6.22. The molecule has 1 saturated heterocycles. The first-order valence-corrected chi connectivity index (χ1v) is 6.49. The molecular formula is C12H17NO2S. The molecule has 2 rings (SSSR count). The van der Waals surface area contributed by atoms with E-state index in [0.717, 1.165) is 17.8 Å². The van der Waals surface area contributed by atoms with Crippen molar-refractivity contribution in [2.75, 3.05) is 19.7 Å². The molecule has 1 aliphatic heterocycles. The Bertz CT molecular complexity index is 375. The number of aryl methyl sites for hydroxylation is 1. The predicted octanol–water partition coefficient (Wildman–Crippen LogP) is 2.31. The molecule has 0 aromatic carbocycles. The van der Waals surface area contributed by atoms with Gasteiger partial charge >= 0.3 is 0 Å². The molecule has 2 heterocycles. The van der Waals surface area contributed by atoms with Crippen LogP contribution in [0.5, 0.6) is 0 Å². The van der Waals surface area contributed by atoms with Crippen molar-refractivity contribution in [1.29, 1.82) is 0 Å². The van der Waals surface area contributed by atoms with Gasteiger partial charge in [-0.3, -0.25) is 4.79 Å². The molecule has 4 heteroatoms. The number of carbonyl (C=O) groups excluding carboxylic acids is 1. The second-order valence-electron chi connectivity index (χ2n) is 4.06. The van der Waals surface area contributed by atoms with Crippen LogP contribution in [0.1, 0.15) is 27.9 Å². The molecule has 0 bridgehead atoms. The van der Waals surface area contributed by atoms with Gasteiger partial charge in [0.15, 0.2) is 0 Å². The third-order valence-corrected chi connectivity index (χ3v) is 3.82. The summed E-state index contributed by atoms with van der Waals surface area (Å²) >= 11 is 1.57. The van der Waals surface area contributed by atoms with E-state index in [-0.39, 0.29) is 12.0 Å². The smallest absolute Gasteiger partial charge is 0.264 e. The van der Waals surface area contributed by atoms with Crippen molar-refractivity contribution < 1.29 is 9.53 Å². The van der Waals surface area contributed by atoms with Crippen molar-refractivity contribution >= 4 is 17.2 Å². The fraction of sp³-hybridized carbons (Fsp3) is 0.583. The predicted molar refractivity (Wildman–Crippen MR) is 65.0 cm³/mol. The van der Waals surface area contributed by atoms with E-state index in [4.69, 9.17) is 4.74 Å². The lowest BCUT2D eigenvalue weighted by Crippen LogP contribution is -2.45. The van der Waals surface area contributed by atoms with Gasteiger partial charge in [-0.2, -0.15) is 0 Å². The number of morpholine rings is 1. The fourth-order valence-corrected chi connectivity index (χ4v) is 2.69. The van der Waals surface area contributed by atoms with Gasteiger partial charge in [-0.05, 0) is 25.5 Å². The number of ether oxygens (including phenoxy) is 1. The molecule has 0 radical (unpaired) electrons. The third kappa shape index (κ3) is 2.44. The highest BCUT2D eigenvalue weighted by atomic mass is 32.1. The van der Waals surface area contributed by atoms with Gasteiger partial charge in [0.25, 0.3) is 5.91 Å². The van der Waals surface area contributed by atoms with Crippen molar-refractivity contribution in [3.63, 3.8) is 0 Å². The molecule has 1 unspecified atom stereocenters. The molecule has 1 atom stereocenters. The molecule has 3 nitrogen and oxygen atoms in total. The van der Waals surface area contributed by atoms with E-state index in [1.807, 2.05) is 24.0 Å². The summed E-state index contributed by atoms with van der Waals surface area (Å²) in [7, 11) is 0. The standard InChI is InChI=1S/C12H17NO2S/c1-3-10-8-13(6-7-15-10)12(14)11-5-4-9(2)16-11/h4-5,10H,3,6-8H2,1-2H3. The van der Waals surface area contributed by atoms with Gasteiger partial charge in [0.2, 0.25) is 0 Å². The van der Waals surface area contributed by atoms with Crippen molar-refractivity contribution in [2.45, 2.75) is 26.4 Å². The maximum Gasteiger partial charge on any atom is 0.264 e. The lowest BCUT2D eigenvalue weighted by Gasteiger charge is -2.32. The van der Waals surface area contributed by atoms with E-state index in [0.29, 0.717) is 13.2 Å². The Labute approximate surface area is 100 Å². The number of carbonyl (C=O) groups is 1. The number of thiophene rings is 1. The topological polar surface area (TPSA) is 29.5 Å². The second kappa shape index (κ2) is 4.97. The zero-order chi connectivity index (χ0) is 11.5. The summed E-state index contributed by atoms with van der Waals surface area (Å²) in [6.07, 6.45) is 1.17. The molecular weight excluding hydrogens is 222 g/mol. The van der Waals surface area contributed by atoms with Crippen molar-refractivity contribution in [2.24, 2.45) is 0 Å². The summed E-state index contributed by atoms with van der Waals surface area (Å²) in [5, 5.41) is 0. The molecule has 0 saturated carbocycles. The first-order valence-electron chi connectivity index (χ1n) is 5.68. The van der Waals surface area contributed by atoms with Crippen LogP contribution in [0.25, 0.3) is 0 Å². The molecule has 1 aromatic rings. The second-order valence-corrected chi connectivity index (χ2v) is 5.35. The minimum Gasteiger partial charge on any atom is -0.375 e. The van der Waals surface area contributed by atoms with Crippen LogP contribution >= 0.6 is 11.3 Å². The van der Waals surface area contributed by atoms with Crippen LogP contribution in [0.4, 0.5) is 0 Å². The summed E-state index contributed by atoms with van der Waals surface area (Å²) < 4.78 is 5.56. The van der Waals surface area contributed by atoms with Crippen molar-refractivity contribution in [3.8, 4) is 0 Å². The highest BCUT2D eigenvalue weighted by molar-refractivity contribution is 7.13. The summed E-state index contributed by atoms with van der Waals surface area (Å²) in [5.74, 6) is 0.153. The molecule has 1 fully saturated rings. The number of nitrogens with zero attached hydrogens (tertiary/aromatic N) is 1. The maximum absolute atomic E-state index is 12.2. The van der Waals surface area contributed by atoms with E-state index >= 15 is 0 Å². The van der Waals surface area contributed by atoms with E-state index in [2.05, 4.69) is 6.92 Å². The Hall–Kier alpha value is -0.870. The Morgan fingerprint density at radius 3 is 3.06 bits per heavy atom. The molecule has 1 aliphatic rings. The van der Waals surface area contributed by atoms with Crippen LogP contribution in [0.3, 0.4) is 0 Å². The molecule has 0 aliphatic carbocycles. The molecule has 0 N–H and O–H groups in total. The van der Waals surface area contributed by atoms with E-state index < -0.39 is 0 Å². The van der Waals surface area contributed by atoms with Crippen LogP contribution in [-0.4, -0.2) is 36.6 Å². The first kappa shape index (κ1) is 11.6. The zero-order valence-electron chi connectivity index (χ0n) is 9.73. The molecule has 1 amide bonds. The number of amides is 1. The van der Waals surface area contributed by atoms with Gasteiger partial charge in [-0.25, -0.2) is 0 Å². The lowest BCUT2D eigenvalue weighted by molar-refractivity contribution is -0.0224. The van der Waals surface area contributed by atoms with Crippen LogP contribution in [-0.2, 0) is 4.74 Å². The zero-order valence-corrected chi connectivity index (χ0v) is 10.5. The van der Waals surface area contributed by atoms with E-state index in [1.165, 1.54) is 4.88 Å². The monoisotopic (exact) mass is 239 g/mol. The van der Waals surface area contributed by atoms with Gasteiger partial charge in [0.1, 0.15) is 0 Å². The molecule has 88 valence electrons. The minimum absolute atomic E-state index is 0.153. The SMILES string of the molecule is CCC1CN(C(=O)c2ccc(C)s2)CCO1. The lowest BCUT2D eigenvalue weighted by atomic mass is 10.2. The van der Waals surface area contributed by atoms with Gasteiger partial charge in [-0.1, -0.05) is 6.92 Å². The summed E-state index contributed by atoms with van der Waals surface area (Å²) in [5.41, 5.74) is 0. The van der Waals surface area contributed by atoms with Crippen LogP contribution in [0.15, 0.2) is 12.1 Å². The molecule has 0 spiro atoms. The summed E-state index contributed by atoms with van der Waals surface area (Å²) in [6, 6.07) is 3.91. The average molecular weight is 239 g/mol. The molecule has 16 heavy (non-hydrogen) atoms. The van der Waals surface area contributed by atoms with Crippen LogP contribution in [0.2, 0.25) is 0 Å². The normalized spacial score (nSPS) is 21.1. The van der Waals surface area contributed by atoms with Gasteiger partial charge < -0.3 is 9.64 Å². The summed E-state index contributed by atoms with van der Waals surface area (Å²) in [4.78, 5) is 16.1. The van der Waals surface area contributed by atoms with Crippen LogP contribution < -0.4 is 0 Å². The van der Waals surface area contributed by atoms with Gasteiger partial charge in [0.05, 0.1) is 17.6 Å². The van der Waals surface area contributed by atoms with Gasteiger partial charge in [0, 0.05) is 18.0 Å². The number of hydrogen-bond donors (Lipinski definition) is 0. The third-order valence-electron chi connectivity index (χ3n) is 2.83. The molecule has 1 aromatic heterocycles. The quantitative estimate of drug-likeness (QED) is 0.792. The Kier molecular flexibility index (Phi) is 3.61. The number of rotatable bonds is 2. The van der Waals surface area contributed by atoms with Crippen LogP contribution in [0, 0.1) is 6.92 Å². The largest absolute Gasteiger partial charge is 0.375 e. The average Bonchev–Trinajstić information content (AvgIpc) is 2.75. The highest BCUT2D eigenvalue weighted by Gasteiger charge is 2.24. The minimum atomic E-state index is 0.153. The Balaban J connectivity index is 2.04. The van der Waals surface area contributed by atoms with E-state index in [1.54, 1.807) is 11.3 Å². The maximum atomic E-state index is 12.2. The highest BCUT2D eigenvalue weighted by Crippen LogP contribution is 2.19. The number of hydrogen-bond acceptors (Lipinski definition) is 3.